The van der Waals surface area contributed by atoms with Gasteiger partial charge in [0.25, 0.3) is 5.56 Å². The number of nitrogens with zero attached hydrogens (tertiary/aromatic N) is 2. The van der Waals surface area contributed by atoms with E-state index in [2.05, 4.69) is 26.2 Å². The third-order valence-electron chi connectivity index (χ3n) is 4.37. The first-order valence-corrected chi connectivity index (χ1v) is 9.30. The van der Waals surface area contributed by atoms with Crippen molar-refractivity contribution in [1.29, 1.82) is 0 Å². The lowest BCUT2D eigenvalue weighted by molar-refractivity contribution is -0.122. The van der Waals surface area contributed by atoms with Crippen molar-refractivity contribution in [2.24, 2.45) is 0 Å². The fraction of sp³-hybridized carbons (Fsp3) is 0.250. The number of nitrogens with one attached hydrogen (secondary N) is 1. The van der Waals surface area contributed by atoms with E-state index in [9.17, 15) is 9.59 Å². The van der Waals surface area contributed by atoms with E-state index in [1.54, 1.807) is 25.1 Å². The summed E-state index contributed by atoms with van der Waals surface area (Å²) in [6.07, 6.45) is 0.761. The van der Waals surface area contributed by atoms with Gasteiger partial charge in [0.15, 0.2) is 0 Å². The van der Waals surface area contributed by atoms with Gasteiger partial charge in [0.1, 0.15) is 12.4 Å². The molecule has 6 heteroatoms. The maximum absolute atomic E-state index is 12.7. The van der Waals surface area contributed by atoms with Crippen molar-refractivity contribution >= 4 is 32.7 Å². The lowest BCUT2D eigenvalue weighted by Crippen LogP contribution is -2.35. The van der Waals surface area contributed by atoms with Crippen LogP contribution in [-0.4, -0.2) is 15.5 Å². The number of carbonyl (C=O) groups excluding carboxylic acids is 1. The molecular formula is C20H20BrN3O2. The number of rotatable bonds is 5. The molecule has 3 rings (SSSR count). The molecule has 0 fully saturated rings. The Morgan fingerprint density at radius 3 is 2.58 bits per heavy atom. The molecule has 1 aromatic heterocycles. The van der Waals surface area contributed by atoms with Crippen molar-refractivity contribution in [3.8, 4) is 0 Å². The number of para-hydroxylation sites is 1. The molecule has 3 aromatic rings. The number of carbonyl (C=O) groups is 1. The minimum absolute atomic E-state index is 0.0461. The minimum atomic E-state index is -0.206. The zero-order valence-electron chi connectivity index (χ0n) is 14.7. The number of fused-ring (bicyclic) bond motifs is 1. The molecule has 0 spiro atoms. The first-order valence-electron chi connectivity index (χ1n) is 8.50. The highest BCUT2D eigenvalue weighted by atomic mass is 79.9. The number of amides is 1. The maximum Gasteiger partial charge on any atom is 0.261 e. The Bertz CT molecular complexity index is 996. The van der Waals surface area contributed by atoms with Gasteiger partial charge in [-0.3, -0.25) is 14.2 Å². The average Bonchev–Trinajstić information content (AvgIpc) is 2.64. The van der Waals surface area contributed by atoms with E-state index in [1.165, 1.54) is 4.57 Å². The third-order valence-corrected chi connectivity index (χ3v) is 4.90. The van der Waals surface area contributed by atoms with E-state index in [1.807, 2.05) is 37.3 Å². The highest BCUT2D eigenvalue weighted by Gasteiger charge is 2.15. The van der Waals surface area contributed by atoms with Crippen LogP contribution in [0.1, 0.15) is 30.8 Å². The van der Waals surface area contributed by atoms with Crippen molar-refractivity contribution in [1.82, 2.24) is 14.9 Å². The quantitative estimate of drug-likeness (QED) is 0.692. The Morgan fingerprint density at radius 2 is 1.88 bits per heavy atom. The molecule has 0 aliphatic heterocycles. The first-order chi connectivity index (χ1) is 12.5. The van der Waals surface area contributed by atoms with Gasteiger partial charge in [-0.15, -0.1) is 0 Å². The van der Waals surface area contributed by atoms with Crippen LogP contribution < -0.4 is 10.9 Å². The predicted octanol–water partition coefficient (Wildman–Crippen LogP) is 3.73. The van der Waals surface area contributed by atoms with Crippen LogP contribution in [0.25, 0.3) is 10.9 Å². The van der Waals surface area contributed by atoms with Crippen LogP contribution in [0.3, 0.4) is 0 Å². The van der Waals surface area contributed by atoms with Crippen molar-refractivity contribution in [3.63, 3.8) is 0 Å². The number of benzene rings is 2. The van der Waals surface area contributed by atoms with Gasteiger partial charge in [-0.1, -0.05) is 47.1 Å². The number of aryl methyl sites for hydroxylation is 1. The largest absolute Gasteiger partial charge is 0.348 e. The zero-order valence-corrected chi connectivity index (χ0v) is 16.3. The van der Waals surface area contributed by atoms with E-state index in [0.717, 1.165) is 16.5 Å². The van der Waals surface area contributed by atoms with E-state index in [0.29, 0.717) is 16.7 Å². The van der Waals surface area contributed by atoms with Gasteiger partial charge >= 0.3 is 0 Å². The number of hydrogen-bond acceptors (Lipinski definition) is 3. The van der Waals surface area contributed by atoms with Gasteiger partial charge in [-0.2, -0.15) is 0 Å². The molecule has 1 N–H and O–H groups in total. The maximum atomic E-state index is 12.7. The highest BCUT2D eigenvalue weighted by molar-refractivity contribution is 9.10. The lowest BCUT2D eigenvalue weighted by atomic mass is 10.0. The number of halogens is 1. The molecule has 5 nitrogen and oxygen atoms in total. The second-order valence-corrected chi connectivity index (χ2v) is 7.06. The molecule has 0 radical (unpaired) electrons. The van der Waals surface area contributed by atoms with Crippen LogP contribution in [0.2, 0.25) is 0 Å². The number of aromatic nitrogens is 2. The third kappa shape index (κ3) is 3.85. The topological polar surface area (TPSA) is 64.0 Å². The smallest absolute Gasteiger partial charge is 0.261 e. The van der Waals surface area contributed by atoms with Crippen LogP contribution in [0.5, 0.6) is 0 Å². The van der Waals surface area contributed by atoms with E-state index < -0.39 is 0 Å². The fourth-order valence-electron chi connectivity index (χ4n) is 2.96. The molecule has 26 heavy (non-hydrogen) atoms. The number of hydrogen-bond donors (Lipinski definition) is 1. The summed E-state index contributed by atoms with van der Waals surface area (Å²) in [5, 5.41) is 3.53. The lowest BCUT2D eigenvalue weighted by Gasteiger charge is -2.18. The summed E-state index contributed by atoms with van der Waals surface area (Å²) in [4.78, 5) is 29.7. The Kier molecular flexibility index (Phi) is 5.52. The fourth-order valence-corrected chi connectivity index (χ4v) is 3.23. The summed E-state index contributed by atoms with van der Waals surface area (Å²) < 4.78 is 2.42. The zero-order chi connectivity index (χ0) is 18.7. The Balaban J connectivity index is 1.82. The van der Waals surface area contributed by atoms with E-state index >= 15 is 0 Å². The van der Waals surface area contributed by atoms with Crippen LogP contribution in [0.15, 0.2) is 57.8 Å². The van der Waals surface area contributed by atoms with E-state index in [4.69, 9.17) is 0 Å². The van der Waals surface area contributed by atoms with Crippen molar-refractivity contribution in [3.05, 3.63) is 74.7 Å². The molecule has 1 atom stereocenters. The van der Waals surface area contributed by atoms with Crippen molar-refractivity contribution in [2.75, 3.05) is 0 Å². The molecule has 0 aliphatic rings. The summed E-state index contributed by atoms with van der Waals surface area (Å²) in [7, 11) is 0. The van der Waals surface area contributed by atoms with Gasteiger partial charge in [0.2, 0.25) is 5.91 Å². The van der Waals surface area contributed by atoms with Gasteiger partial charge in [0, 0.05) is 4.47 Å². The van der Waals surface area contributed by atoms with Crippen LogP contribution in [-0.2, 0) is 11.3 Å². The Morgan fingerprint density at radius 1 is 1.19 bits per heavy atom. The van der Waals surface area contributed by atoms with Crippen LogP contribution in [0, 0.1) is 6.92 Å². The SMILES string of the molecule is CC[C@H](NC(=O)Cn1c(C)nc2ccccc2c1=O)c1ccc(Br)cc1. The second-order valence-electron chi connectivity index (χ2n) is 6.15. The van der Waals surface area contributed by atoms with Gasteiger partial charge in [-0.05, 0) is 43.2 Å². The van der Waals surface area contributed by atoms with Crippen molar-refractivity contribution in [2.45, 2.75) is 32.9 Å². The summed E-state index contributed by atoms with van der Waals surface area (Å²) >= 11 is 3.41. The predicted molar refractivity (Wildman–Crippen MR) is 106 cm³/mol. The summed E-state index contributed by atoms with van der Waals surface area (Å²) in [5.41, 5.74) is 1.48. The van der Waals surface area contributed by atoms with Crippen molar-refractivity contribution < 1.29 is 4.79 Å². The molecule has 0 aliphatic carbocycles. The molecule has 2 aromatic carbocycles. The van der Waals surface area contributed by atoms with Gasteiger partial charge < -0.3 is 5.32 Å². The molecule has 1 amide bonds. The van der Waals surface area contributed by atoms with E-state index in [-0.39, 0.29) is 24.1 Å². The second kappa shape index (κ2) is 7.83. The van der Waals surface area contributed by atoms with Gasteiger partial charge in [0.05, 0.1) is 16.9 Å². The molecule has 1 heterocycles. The molecule has 0 bridgehead atoms. The summed E-state index contributed by atoms with van der Waals surface area (Å²) in [6, 6.07) is 14.9. The Labute approximate surface area is 160 Å². The molecule has 0 unspecified atom stereocenters. The molecule has 134 valence electrons. The molecule has 0 saturated heterocycles. The highest BCUT2D eigenvalue weighted by Crippen LogP contribution is 2.19. The summed E-state index contributed by atoms with van der Waals surface area (Å²) in [6.45, 7) is 3.71. The standard InChI is InChI=1S/C20H20BrN3O2/c1-3-17(14-8-10-15(21)11-9-14)23-19(25)12-24-13(2)22-18-7-5-4-6-16(18)20(24)26/h4-11,17H,3,12H2,1-2H3,(H,23,25)/t17-/m0/s1. The normalized spacial score (nSPS) is 12.1. The van der Waals surface area contributed by atoms with Crippen LogP contribution >= 0.6 is 15.9 Å². The molecule has 0 saturated carbocycles. The minimum Gasteiger partial charge on any atom is -0.348 e. The van der Waals surface area contributed by atoms with Gasteiger partial charge in [-0.25, -0.2) is 4.98 Å². The monoisotopic (exact) mass is 413 g/mol. The Hall–Kier alpha value is -2.47. The van der Waals surface area contributed by atoms with Crippen LogP contribution in [0.4, 0.5) is 0 Å². The summed E-state index contributed by atoms with van der Waals surface area (Å²) in [5.74, 6) is 0.322. The first kappa shape index (κ1) is 18.3. The average molecular weight is 414 g/mol. The molecular weight excluding hydrogens is 394 g/mol.